The zero-order valence-electron chi connectivity index (χ0n) is 13.0. The number of benzene rings is 1. The fraction of sp³-hybridized carbons (Fsp3) is 0.200. The van der Waals surface area contributed by atoms with Gasteiger partial charge in [0, 0.05) is 25.8 Å². The second kappa shape index (κ2) is 7.59. The summed E-state index contributed by atoms with van der Waals surface area (Å²) in [5.41, 5.74) is 3.93. The maximum Gasteiger partial charge on any atom is 0.290 e. The van der Waals surface area contributed by atoms with E-state index in [1.165, 1.54) is 18.0 Å². The molecule has 2 rings (SSSR count). The summed E-state index contributed by atoms with van der Waals surface area (Å²) in [6.45, 7) is 0. The highest BCUT2D eigenvalue weighted by Gasteiger charge is 2.08. The highest BCUT2D eigenvalue weighted by Crippen LogP contribution is 2.10. The predicted octanol–water partition coefficient (Wildman–Crippen LogP) is 1.32. The molecule has 120 valence electrons. The van der Waals surface area contributed by atoms with Gasteiger partial charge in [0.05, 0.1) is 6.21 Å². The van der Waals surface area contributed by atoms with Gasteiger partial charge in [0.2, 0.25) is 0 Å². The molecule has 0 aliphatic rings. The second-order valence-corrected chi connectivity index (χ2v) is 5.62. The van der Waals surface area contributed by atoms with Gasteiger partial charge in [0.15, 0.2) is 5.16 Å². The van der Waals surface area contributed by atoms with Gasteiger partial charge < -0.3 is 9.88 Å². The van der Waals surface area contributed by atoms with Crippen molar-refractivity contribution in [2.24, 2.45) is 5.10 Å². The average molecular weight is 331 g/mol. The number of H-pyrrole nitrogens is 1. The number of thioether (sulfide) groups is 1. The van der Waals surface area contributed by atoms with Crippen LogP contribution in [0, 0.1) is 0 Å². The van der Waals surface area contributed by atoms with Gasteiger partial charge in [-0.25, -0.2) is 10.4 Å². The summed E-state index contributed by atoms with van der Waals surface area (Å²) >= 11 is 1.25. The number of carbonyl (C=O) groups is 1. The summed E-state index contributed by atoms with van der Waals surface area (Å²) in [5.74, 6) is -0.535. The molecule has 0 fully saturated rings. The lowest BCUT2D eigenvalue weighted by atomic mass is 10.2. The molecule has 0 atom stereocenters. The quantitative estimate of drug-likeness (QED) is 0.373. The van der Waals surface area contributed by atoms with Crippen LogP contribution in [0.5, 0.6) is 0 Å². The molecule has 2 N–H and O–H groups in total. The SMILES string of the molecule is CSc1nc(C(=O)N/N=C\c2ccc(N(C)C)cc2)cc(=O)[nH]1. The van der Waals surface area contributed by atoms with E-state index in [9.17, 15) is 9.59 Å². The van der Waals surface area contributed by atoms with Crippen molar-refractivity contribution >= 4 is 29.6 Å². The summed E-state index contributed by atoms with van der Waals surface area (Å²) in [7, 11) is 3.92. The normalized spacial score (nSPS) is 10.7. The molecule has 0 bridgehead atoms. The van der Waals surface area contributed by atoms with E-state index in [0.717, 1.165) is 17.3 Å². The zero-order chi connectivity index (χ0) is 16.8. The number of nitrogens with one attached hydrogen (secondary N) is 2. The van der Waals surface area contributed by atoms with Crippen molar-refractivity contribution in [1.82, 2.24) is 15.4 Å². The number of nitrogens with zero attached hydrogens (tertiary/aromatic N) is 3. The smallest absolute Gasteiger partial charge is 0.290 e. The summed E-state index contributed by atoms with van der Waals surface area (Å²) < 4.78 is 0. The number of hydrogen-bond donors (Lipinski definition) is 2. The standard InChI is InChI=1S/C15H17N5O2S/c1-20(2)11-6-4-10(5-7-11)9-16-19-14(22)12-8-13(21)18-15(17-12)23-3/h4-9H,1-3H3,(H,19,22)(H,17,18,21)/b16-9-. The van der Waals surface area contributed by atoms with Gasteiger partial charge in [-0.2, -0.15) is 5.10 Å². The molecule has 0 saturated carbocycles. The molecular formula is C15H17N5O2S. The molecule has 1 aromatic carbocycles. The lowest BCUT2D eigenvalue weighted by Crippen LogP contribution is -2.22. The van der Waals surface area contributed by atoms with E-state index in [0.29, 0.717) is 5.16 Å². The van der Waals surface area contributed by atoms with Crippen LogP contribution >= 0.6 is 11.8 Å². The maximum absolute atomic E-state index is 11.9. The minimum absolute atomic E-state index is 0.0261. The fourth-order valence-corrected chi connectivity index (χ4v) is 2.12. The molecule has 0 aliphatic heterocycles. The Morgan fingerprint density at radius 3 is 2.65 bits per heavy atom. The van der Waals surface area contributed by atoms with E-state index >= 15 is 0 Å². The fourth-order valence-electron chi connectivity index (χ4n) is 1.73. The molecule has 2 aromatic rings. The van der Waals surface area contributed by atoms with Crippen LogP contribution < -0.4 is 15.9 Å². The third-order valence-corrected chi connectivity index (χ3v) is 3.52. The number of rotatable bonds is 5. The van der Waals surface area contributed by atoms with E-state index in [1.54, 1.807) is 6.26 Å². The van der Waals surface area contributed by atoms with Crippen LogP contribution in [-0.4, -0.2) is 42.4 Å². The van der Waals surface area contributed by atoms with Crippen LogP contribution in [0.25, 0.3) is 0 Å². The number of hydrazone groups is 1. The Bertz CT molecular complexity index is 768. The monoisotopic (exact) mass is 331 g/mol. The van der Waals surface area contributed by atoms with E-state index in [-0.39, 0.29) is 11.3 Å². The summed E-state index contributed by atoms with van der Waals surface area (Å²) in [6.07, 6.45) is 3.29. The number of carbonyl (C=O) groups excluding carboxylic acids is 1. The Labute approximate surface area is 137 Å². The Morgan fingerprint density at radius 1 is 1.35 bits per heavy atom. The van der Waals surface area contributed by atoms with Gasteiger partial charge in [-0.1, -0.05) is 23.9 Å². The van der Waals surface area contributed by atoms with Gasteiger partial charge in [0.25, 0.3) is 11.5 Å². The minimum atomic E-state index is -0.535. The van der Waals surface area contributed by atoms with Crippen molar-refractivity contribution in [3.63, 3.8) is 0 Å². The number of amides is 1. The predicted molar refractivity (Wildman–Crippen MR) is 92.5 cm³/mol. The summed E-state index contributed by atoms with van der Waals surface area (Å²) in [5, 5.41) is 4.26. The third-order valence-electron chi connectivity index (χ3n) is 2.94. The number of hydrogen-bond acceptors (Lipinski definition) is 6. The summed E-state index contributed by atoms with van der Waals surface area (Å²) in [4.78, 5) is 31.9. The largest absolute Gasteiger partial charge is 0.378 e. The van der Waals surface area contributed by atoms with Gasteiger partial charge in [-0.05, 0) is 24.0 Å². The minimum Gasteiger partial charge on any atom is -0.378 e. The molecular weight excluding hydrogens is 314 g/mol. The number of aromatic nitrogens is 2. The van der Waals surface area contributed by atoms with Gasteiger partial charge >= 0.3 is 0 Å². The highest BCUT2D eigenvalue weighted by atomic mass is 32.2. The van der Waals surface area contributed by atoms with Crippen molar-refractivity contribution in [3.8, 4) is 0 Å². The van der Waals surface area contributed by atoms with Crippen molar-refractivity contribution in [1.29, 1.82) is 0 Å². The maximum atomic E-state index is 11.9. The van der Waals surface area contributed by atoms with Crippen molar-refractivity contribution in [2.75, 3.05) is 25.3 Å². The van der Waals surface area contributed by atoms with Crippen LogP contribution in [0.2, 0.25) is 0 Å². The van der Waals surface area contributed by atoms with E-state index in [4.69, 9.17) is 0 Å². The van der Waals surface area contributed by atoms with E-state index < -0.39 is 5.91 Å². The molecule has 8 heteroatoms. The molecule has 0 spiro atoms. The lowest BCUT2D eigenvalue weighted by molar-refractivity contribution is 0.0949. The molecule has 0 aliphatic carbocycles. The zero-order valence-corrected chi connectivity index (χ0v) is 13.8. The number of anilines is 1. The van der Waals surface area contributed by atoms with Crippen LogP contribution in [0.4, 0.5) is 5.69 Å². The Hall–Kier alpha value is -2.61. The van der Waals surface area contributed by atoms with E-state index in [2.05, 4.69) is 20.5 Å². The van der Waals surface area contributed by atoms with Gasteiger partial charge in [-0.3, -0.25) is 9.59 Å². The van der Waals surface area contributed by atoms with Crippen molar-refractivity contribution in [3.05, 3.63) is 51.9 Å². The first-order valence-corrected chi connectivity index (χ1v) is 7.98. The van der Waals surface area contributed by atoms with Crippen LogP contribution in [0.1, 0.15) is 16.1 Å². The first-order chi connectivity index (χ1) is 11.0. The number of aromatic amines is 1. The summed E-state index contributed by atoms with van der Waals surface area (Å²) in [6, 6.07) is 8.82. The molecule has 0 radical (unpaired) electrons. The second-order valence-electron chi connectivity index (χ2n) is 4.82. The first-order valence-electron chi connectivity index (χ1n) is 6.76. The topological polar surface area (TPSA) is 90.4 Å². The Morgan fingerprint density at radius 2 is 2.04 bits per heavy atom. The molecule has 1 aromatic heterocycles. The first kappa shape index (κ1) is 16.8. The molecule has 1 amide bonds. The Balaban J connectivity index is 2.03. The molecule has 0 saturated heterocycles. The van der Waals surface area contributed by atoms with Crippen molar-refractivity contribution in [2.45, 2.75) is 5.16 Å². The van der Waals surface area contributed by atoms with Gasteiger partial charge in [0.1, 0.15) is 5.69 Å². The van der Waals surface area contributed by atoms with Gasteiger partial charge in [-0.15, -0.1) is 0 Å². The molecule has 1 heterocycles. The van der Waals surface area contributed by atoms with E-state index in [1.807, 2.05) is 43.3 Å². The highest BCUT2D eigenvalue weighted by molar-refractivity contribution is 7.98. The van der Waals surface area contributed by atoms with Crippen LogP contribution in [0.3, 0.4) is 0 Å². The lowest BCUT2D eigenvalue weighted by Gasteiger charge is -2.11. The molecule has 7 nitrogen and oxygen atoms in total. The third kappa shape index (κ3) is 4.68. The van der Waals surface area contributed by atoms with Crippen molar-refractivity contribution < 1.29 is 4.79 Å². The molecule has 23 heavy (non-hydrogen) atoms. The van der Waals surface area contributed by atoms with Crippen LogP contribution in [0.15, 0.2) is 45.4 Å². The molecule has 0 unspecified atom stereocenters. The average Bonchev–Trinajstić information content (AvgIpc) is 2.54. The Kier molecular flexibility index (Phi) is 5.53. The van der Waals surface area contributed by atoms with Crippen LogP contribution in [-0.2, 0) is 0 Å².